The van der Waals surface area contributed by atoms with Gasteiger partial charge >= 0.3 is 5.97 Å². The highest BCUT2D eigenvalue weighted by molar-refractivity contribution is 5.94. The number of aryl methyl sites for hydroxylation is 1. The maximum atomic E-state index is 11.3. The Labute approximate surface area is 79.5 Å². The molecule has 1 aromatic rings. The summed E-state index contributed by atoms with van der Waals surface area (Å²) < 4.78 is 1.26. The molecule has 0 bridgehead atoms. The van der Waals surface area contributed by atoms with Crippen LogP contribution in [0.3, 0.4) is 0 Å². The molecule has 1 aliphatic rings. The van der Waals surface area contributed by atoms with Crippen molar-refractivity contribution in [2.24, 2.45) is 0 Å². The van der Waals surface area contributed by atoms with Gasteiger partial charge in [-0.15, -0.1) is 0 Å². The van der Waals surface area contributed by atoms with E-state index < -0.39 is 12.0 Å². The summed E-state index contributed by atoms with van der Waals surface area (Å²) in [4.78, 5) is 22.1. The molecule has 0 aromatic carbocycles. The molecule has 2 rings (SSSR count). The van der Waals surface area contributed by atoms with E-state index in [1.54, 1.807) is 13.0 Å². The molecule has 1 aliphatic heterocycles. The van der Waals surface area contributed by atoms with Gasteiger partial charge in [0.1, 0.15) is 5.69 Å². The fraction of sp³-hybridized carbons (Fsp3) is 0.375. The number of aliphatic carboxylic acids is 1. The first kappa shape index (κ1) is 8.74. The number of nitrogens with one attached hydrogen (secondary N) is 1. The van der Waals surface area contributed by atoms with Crippen LogP contribution < -0.4 is 5.32 Å². The van der Waals surface area contributed by atoms with E-state index in [4.69, 9.17) is 5.11 Å². The molecule has 2 N–H and O–H groups in total. The van der Waals surface area contributed by atoms with Crippen molar-refractivity contribution in [2.75, 3.05) is 6.54 Å². The van der Waals surface area contributed by atoms with Gasteiger partial charge in [0.05, 0.1) is 12.2 Å². The zero-order valence-corrected chi connectivity index (χ0v) is 7.52. The lowest BCUT2D eigenvalue weighted by Crippen LogP contribution is -2.42. The van der Waals surface area contributed by atoms with Crippen molar-refractivity contribution in [2.45, 2.75) is 13.0 Å². The lowest BCUT2D eigenvalue weighted by atomic mass is 10.2. The molecule has 1 amide bonds. The number of fused-ring (bicyclic) bond motifs is 1. The average molecular weight is 195 g/mol. The molecular formula is C8H9N3O3. The number of hydrogen-bond acceptors (Lipinski definition) is 3. The quantitative estimate of drug-likeness (QED) is 0.636. The Kier molecular flexibility index (Phi) is 1.77. The van der Waals surface area contributed by atoms with E-state index in [1.165, 1.54) is 4.68 Å². The molecule has 0 saturated heterocycles. The first-order chi connectivity index (χ1) is 6.59. The molecule has 6 nitrogen and oxygen atoms in total. The van der Waals surface area contributed by atoms with Crippen LogP contribution in [0.15, 0.2) is 6.07 Å². The highest BCUT2D eigenvalue weighted by Gasteiger charge is 2.30. The van der Waals surface area contributed by atoms with E-state index in [1.807, 2.05) is 0 Å². The van der Waals surface area contributed by atoms with E-state index in [0.717, 1.165) is 0 Å². The number of carbonyl (C=O) groups excluding carboxylic acids is 1. The Hall–Kier alpha value is -1.85. The topological polar surface area (TPSA) is 84.2 Å². The Balaban J connectivity index is 2.51. The number of carboxylic acids is 1. The molecule has 1 aromatic heterocycles. The van der Waals surface area contributed by atoms with Gasteiger partial charge in [0.15, 0.2) is 6.04 Å². The van der Waals surface area contributed by atoms with E-state index >= 15 is 0 Å². The molecule has 0 aliphatic carbocycles. The number of carboxylic acid groups (broad SMARTS) is 1. The number of hydrogen-bond donors (Lipinski definition) is 2. The first-order valence-corrected chi connectivity index (χ1v) is 4.17. The molecule has 1 atom stereocenters. The van der Waals surface area contributed by atoms with Crippen molar-refractivity contribution in [3.05, 3.63) is 17.5 Å². The zero-order chi connectivity index (χ0) is 10.3. The predicted molar refractivity (Wildman–Crippen MR) is 46.0 cm³/mol. The molecule has 1 unspecified atom stereocenters. The summed E-state index contributed by atoms with van der Waals surface area (Å²) in [6, 6.07) is 0.779. The van der Waals surface area contributed by atoms with Crippen molar-refractivity contribution in [1.82, 2.24) is 15.1 Å². The minimum atomic E-state index is -0.991. The van der Waals surface area contributed by atoms with Gasteiger partial charge in [0.25, 0.3) is 5.91 Å². The summed E-state index contributed by atoms with van der Waals surface area (Å²) >= 11 is 0. The van der Waals surface area contributed by atoms with Crippen molar-refractivity contribution in [3.63, 3.8) is 0 Å². The number of amides is 1. The SMILES string of the molecule is Cc1cc2n(n1)C(C(=O)O)CNC2=O. The van der Waals surface area contributed by atoms with Crippen LogP contribution >= 0.6 is 0 Å². The summed E-state index contributed by atoms with van der Waals surface area (Å²) in [5.74, 6) is -1.27. The Bertz CT molecular complexity index is 410. The van der Waals surface area contributed by atoms with Gasteiger partial charge in [-0.25, -0.2) is 9.48 Å². The fourth-order valence-electron chi connectivity index (χ4n) is 1.48. The maximum Gasteiger partial charge on any atom is 0.330 e. The minimum Gasteiger partial charge on any atom is -0.480 e. The van der Waals surface area contributed by atoms with Crippen molar-refractivity contribution in [1.29, 1.82) is 0 Å². The second kappa shape index (κ2) is 2.83. The summed E-state index contributed by atoms with van der Waals surface area (Å²) in [7, 11) is 0. The lowest BCUT2D eigenvalue weighted by molar-refractivity contribution is -0.141. The van der Waals surface area contributed by atoms with Crippen LogP contribution in [0.4, 0.5) is 0 Å². The number of rotatable bonds is 1. The third-order valence-electron chi connectivity index (χ3n) is 2.13. The lowest BCUT2D eigenvalue weighted by Gasteiger charge is -2.21. The molecule has 0 spiro atoms. The third kappa shape index (κ3) is 1.15. The van der Waals surface area contributed by atoms with Crippen LogP contribution in [-0.4, -0.2) is 33.3 Å². The maximum absolute atomic E-state index is 11.3. The first-order valence-electron chi connectivity index (χ1n) is 4.17. The number of aromatic nitrogens is 2. The summed E-state index contributed by atoms with van der Waals surface area (Å²) in [6.45, 7) is 1.81. The van der Waals surface area contributed by atoms with E-state index in [0.29, 0.717) is 11.4 Å². The molecule has 74 valence electrons. The highest BCUT2D eigenvalue weighted by atomic mass is 16.4. The van der Waals surface area contributed by atoms with Gasteiger partial charge in [-0.3, -0.25) is 4.79 Å². The van der Waals surface area contributed by atoms with Gasteiger partial charge < -0.3 is 10.4 Å². The molecule has 6 heteroatoms. The summed E-state index contributed by atoms with van der Waals surface area (Å²) in [5.41, 5.74) is 0.949. The Morgan fingerprint density at radius 3 is 3.14 bits per heavy atom. The second-order valence-electron chi connectivity index (χ2n) is 3.18. The normalized spacial score (nSPS) is 20.1. The van der Waals surface area contributed by atoms with E-state index in [2.05, 4.69) is 10.4 Å². The van der Waals surface area contributed by atoms with E-state index in [9.17, 15) is 9.59 Å². The molecule has 0 radical (unpaired) electrons. The molecule has 0 fully saturated rings. The number of nitrogens with zero attached hydrogens (tertiary/aromatic N) is 2. The second-order valence-corrected chi connectivity index (χ2v) is 3.18. The van der Waals surface area contributed by atoms with Crippen molar-refractivity contribution >= 4 is 11.9 Å². The van der Waals surface area contributed by atoms with Crippen LogP contribution in [0.1, 0.15) is 22.2 Å². The number of carbonyl (C=O) groups is 2. The molecule has 14 heavy (non-hydrogen) atoms. The predicted octanol–water partition coefficient (Wildman–Crippen LogP) is -0.439. The smallest absolute Gasteiger partial charge is 0.330 e. The van der Waals surface area contributed by atoms with Gasteiger partial charge in [0, 0.05) is 0 Å². The molecule has 2 heterocycles. The van der Waals surface area contributed by atoms with Gasteiger partial charge in [-0.05, 0) is 13.0 Å². The monoisotopic (exact) mass is 195 g/mol. The Morgan fingerprint density at radius 1 is 1.79 bits per heavy atom. The van der Waals surface area contributed by atoms with Gasteiger partial charge in [-0.1, -0.05) is 0 Å². The van der Waals surface area contributed by atoms with Crippen LogP contribution in [0.2, 0.25) is 0 Å². The van der Waals surface area contributed by atoms with E-state index in [-0.39, 0.29) is 12.5 Å². The zero-order valence-electron chi connectivity index (χ0n) is 7.52. The third-order valence-corrected chi connectivity index (χ3v) is 2.13. The fourth-order valence-corrected chi connectivity index (χ4v) is 1.48. The average Bonchev–Trinajstić information content (AvgIpc) is 2.47. The van der Waals surface area contributed by atoms with Crippen LogP contribution in [0.5, 0.6) is 0 Å². The van der Waals surface area contributed by atoms with Crippen molar-refractivity contribution in [3.8, 4) is 0 Å². The highest BCUT2D eigenvalue weighted by Crippen LogP contribution is 2.15. The van der Waals surface area contributed by atoms with Gasteiger partial charge in [-0.2, -0.15) is 5.10 Å². The summed E-state index contributed by atoms with van der Waals surface area (Å²) in [6.07, 6.45) is 0. The standard InChI is InChI=1S/C8H9N3O3/c1-4-2-5-7(12)9-3-6(8(13)14)11(5)10-4/h2,6H,3H2,1H3,(H,9,12)(H,13,14). The van der Waals surface area contributed by atoms with Crippen molar-refractivity contribution < 1.29 is 14.7 Å². The molecular weight excluding hydrogens is 186 g/mol. The van der Waals surface area contributed by atoms with Gasteiger partial charge in [0.2, 0.25) is 0 Å². The van der Waals surface area contributed by atoms with Crippen LogP contribution in [-0.2, 0) is 4.79 Å². The summed E-state index contributed by atoms with van der Waals surface area (Å²) in [5, 5.41) is 15.4. The van der Waals surface area contributed by atoms with Crippen LogP contribution in [0.25, 0.3) is 0 Å². The largest absolute Gasteiger partial charge is 0.480 e. The Morgan fingerprint density at radius 2 is 2.50 bits per heavy atom. The molecule has 0 saturated carbocycles. The van der Waals surface area contributed by atoms with Crippen LogP contribution in [0, 0.1) is 6.92 Å². The minimum absolute atomic E-state index is 0.0856.